The van der Waals surface area contributed by atoms with E-state index < -0.39 is 17.7 Å². The lowest BCUT2D eigenvalue weighted by atomic mass is 10.2. The molecule has 3 amide bonds. The number of nitrogens with one attached hydrogen (secondary N) is 3. The van der Waals surface area contributed by atoms with Gasteiger partial charge in [-0.3, -0.25) is 25.2 Å². The summed E-state index contributed by atoms with van der Waals surface area (Å²) in [5.41, 5.74) is 4.75. The molecule has 0 aliphatic rings. The number of amides is 3. The highest BCUT2D eigenvalue weighted by Gasteiger charge is 2.13. The van der Waals surface area contributed by atoms with Crippen LogP contribution >= 0.6 is 0 Å². The third-order valence-electron chi connectivity index (χ3n) is 3.36. The van der Waals surface area contributed by atoms with Gasteiger partial charge in [0.15, 0.2) is 17.3 Å². The van der Waals surface area contributed by atoms with E-state index in [2.05, 4.69) is 16.2 Å². The average molecular weight is 375 g/mol. The Morgan fingerprint density at radius 2 is 1.89 bits per heavy atom. The minimum Gasteiger partial charge on any atom is -0.493 e. The van der Waals surface area contributed by atoms with Crippen LogP contribution in [-0.4, -0.2) is 38.0 Å². The van der Waals surface area contributed by atoms with E-state index in [0.717, 1.165) is 6.42 Å². The van der Waals surface area contributed by atoms with E-state index in [1.807, 2.05) is 6.92 Å². The number of benzene rings is 1. The number of hydrogen-bond acceptors (Lipinski definition) is 6. The van der Waals surface area contributed by atoms with Crippen molar-refractivity contribution in [2.24, 2.45) is 0 Å². The average Bonchev–Trinajstić information content (AvgIpc) is 3.23. The van der Waals surface area contributed by atoms with E-state index in [4.69, 9.17) is 13.9 Å². The fraction of sp³-hybridized carbons (Fsp3) is 0.278. The molecule has 3 N–H and O–H groups in total. The van der Waals surface area contributed by atoms with E-state index in [-0.39, 0.29) is 17.9 Å². The molecule has 144 valence electrons. The highest BCUT2D eigenvalue weighted by atomic mass is 16.5. The van der Waals surface area contributed by atoms with Gasteiger partial charge < -0.3 is 19.2 Å². The fourth-order valence-corrected chi connectivity index (χ4v) is 2.04. The number of methoxy groups -OCH3 is 1. The Bertz CT molecular complexity index is 788. The molecule has 27 heavy (non-hydrogen) atoms. The van der Waals surface area contributed by atoms with E-state index >= 15 is 0 Å². The first-order valence-electron chi connectivity index (χ1n) is 8.26. The maximum absolute atomic E-state index is 12.1. The lowest BCUT2D eigenvalue weighted by Crippen LogP contribution is -2.46. The van der Waals surface area contributed by atoms with Gasteiger partial charge in [0.1, 0.15) is 0 Å². The van der Waals surface area contributed by atoms with Crippen LogP contribution in [-0.2, 0) is 4.79 Å². The summed E-state index contributed by atoms with van der Waals surface area (Å²) < 4.78 is 15.6. The van der Waals surface area contributed by atoms with Crippen molar-refractivity contribution in [1.82, 2.24) is 16.2 Å². The molecule has 0 atom stereocenters. The van der Waals surface area contributed by atoms with Crippen LogP contribution in [0.1, 0.15) is 34.3 Å². The summed E-state index contributed by atoms with van der Waals surface area (Å²) in [6.07, 6.45) is 2.19. The quantitative estimate of drug-likeness (QED) is 0.598. The molecule has 2 aromatic rings. The molecule has 2 rings (SSSR count). The van der Waals surface area contributed by atoms with Gasteiger partial charge in [0.2, 0.25) is 0 Å². The van der Waals surface area contributed by atoms with Gasteiger partial charge in [-0.1, -0.05) is 6.92 Å². The number of carbonyl (C=O) groups excluding carboxylic acids is 3. The smallest absolute Gasteiger partial charge is 0.287 e. The Morgan fingerprint density at radius 3 is 2.56 bits per heavy atom. The minimum atomic E-state index is -0.599. The van der Waals surface area contributed by atoms with E-state index in [1.165, 1.54) is 25.5 Å². The lowest BCUT2D eigenvalue weighted by molar-refractivity contribution is -0.120. The zero-order valence-corrected chi connectivity index (χ0v) is 15.0. The molecule has 0 fully saturated rings. The van der Waals surface area contributed by atoms with Gasteiger partial charge in [-0.2, -0.15) is 0 Å². The van der Waals surface area contributed by atoms with Crippen LogP contribution in [0.5, 0.6) is 11.5 Å². The summed E-state index contributed by atoms with van der Waals surface area (Å²) in [5.74, 6) is -0.647. The highest BCUT2D eigenvalue weighted by Crippen LogP contribution is 2.28. The molecule has 9 nitrogen and oxygen atoms in total. The second kappa shape index (κ2) is 9.85. The maximum Gasteiger partial charge on any atom is 0.287 e. The molecule has 1 heterocycles. The van der Waals surface area contributed by atoms with Gasteiger partial charge in [0, 0.05) is 5.56 Å². The highest BCUT2D eigenvalue weighted by molar-refractivity contribution is 5.97. The standard InChI is InChI=1S/C18H21N3O6/c1-3-8-26-13-7-6-12(10-15(13)25-2)17(23)21-20-16(22)11-19-18(24)14-5-4-9-27-14/h4-7,9-10H,3,8,11H2,1-2H3,(H,19,24)(H,20,22)(H,21,23). The summed E-state index contributed by atoms with van der Waals surface area (Å²) in [7, 11) is 1.47. The van der Waals surface area contributed by atoms with Crippen LogP contribution in [0.15, 0.2) is 41.0 Å². The summed E-state index contributed by atoms with van der Waals surface area (Å²) in [6.45, 7) is 2.18. The van der Waals surface area contributed by atoms with Crippen molar-refractivity contribution in [2.45, 2.75) is 13.3 Å². The Hall–Kier alpha value is -3.49. The number of hydrogen-bond donors (Lipinski definition) is 3. The lowest BCUT2D eigenvalue weighted by Gasteiger charge is -2.12. The van der Waals surface area contributed by atoms with Crippen molar-refractivity contribution in [3.8, 4) is 11.5 Å². The van der Waals surface area contributed by atoms with Crippen LogP contribution in [0, 0.1) is 0 Å². The minimum absolute atomic E-state index is 0.0873. The van der Waals surface area contributed by atoms with Crippen LogP contribution in [0.2, 0.25) is 0 Å². The zero-order valence-electron chi connectivity index (χ0n) is 15.0. The molecule has 1 aromatic carbocycles. The Balaban J connectivity index is 1.83. The predicted molar refractivity (Wildman–Crippen MR) is 95.4 cm³/mol. The first kappa shape index (κ1) is 19.8. The van der Waals surface area contributed by atoms with Crippen molar-refractivity contribution in [1.29, 1.82) is 0 Å². The Kier molecular flexibility index (Phi) is 7.24. The van der Waals surface area contributed by atoms with Gasteiger partial charge in [-0.15, -0.1) is 0 Å². The number of ether oxygens (including phenoxy) is 2. The van der Waals surface area contributed by atoms with Crippen molar-refractivity contribution in [3.05, 3.63) is 47.9 Å². The number of furan rings is 1. The van der Waals surface area contributed by atoms with E-state index in [0.29, 0.717) is 18.1 Å². The molecular weight excluding hydrogens is 354 g/mol. The second-order valence-electron chi connectivity index (χ2n) is 5.38. The monoisotopic (exact) mass is 375 g/mol. The van der Waals surface area contributed by atoms with E-state index in [9.17, 15) is 14.4 Å². The summed E-state index contributed by atoms with van der Waals surface area (Å²) in [6, 6.07) is 7.70. The van der Waals surface area contributed by atoms with Crippen molar-refractivity contribution in [3.63, 3.8) is 0 Å². The maximum atomic E-state index is 12.1. The molecule has 0 saturated carbocycles. The van der Waals surface area contributed by atoms with Crippen LogP contribution in [0.3, 0.4) is 0 Å². The number of carbonyl (C=O) groups is 3. The Morgan fingerprint density at radius 1 is 1.07 bits per heavy atom. The van der Waals surface area contributed by atoms with Crippen LogP contribution < -0.4 is 25.6 Å². The molecule has 0 bridgehead atoms. The van der Waals surface area contributed by atoms with Gasteiger partial charge in [-0.25, -0.2) is 0 Å². The normalized spacial score (nSPS) is 10.0. The van der Waals surface area contributed by atoms with Crippen LogP contribution in [0.25, 0.3) is 0 Å². The molecule has 0 radical (unpaired) electrons. The second-order valence-corrected chi connectivity index (χ2v) is 5.38. The molecule has 1 aromatic heterocycles. The first-order chi connectivity index (χ1) is 13.0. The van der Waals surface area contributed by atoms with Crippen molar-refractivity contribution < 1.29 is 28.3 Å². The molecule has 0 aliphatic heterocycles. The van der Waals surface area contributed by atoms with Gasteiger partial charge in [-0.05, 0) is 36.8 Å². The number of hydrazine groups is 1. The van der Waals surface area contributed by atoms with E-state index in [1.54, 1.807) is 18.2 Å². The van der Waals surface area contributed by atoms with Gasteiger partial charge in [0.25, 0.3) is 17.7 Å². The third-order valence-corrected chi connectivity index (χ3v) is 3.36. The molecule has 0 aliphatic carbocycles. The third kappa shape index (κ3) is 5.77. The SMILES string of the molecule is CCCOc1ccc(C(=O)NNC(=O)CNC(=O)c2ccco2)cc1OC. The predicted octanol–water partition coefficient (Wildman–Crippen LogP) is 1.27. The fourth-order valence-electron chi connectivity index (χ4n) is 2.04. The van der Waals surface area contributed by atoms with Gasteiger partial charge >= 0.3 is 0 Å². The topological polar surface area (TPSA) is 119 Å². The van der Waals surface area contributed by atoms with Crippen molar-refractivity contribution in [2.75, 3.05) is 20.3 Å². The summed E-state index contributed by atoms with van der Waals surface area (Å²) in [5, 5.41) is 2.36. The molecule has 0 unspecified atom stereocenters. The molecule has 9 heteroatoms. The Labute approximate surface area is 156 Å². The molecule has 0 spiro atoms. The zero-order chi connectivity index (χ0) is 19.6. The number of rotatable bonds is 8. The van der Waals surface area contributed by atoms with Crippen LogP contribution in [0.4, 0.5) is 0 Å². The largest absolute Gasteiger partial charge is 0.493 e. The molecular formula is C18H21N3O6. The summed E-state index contributed by atoms with van der Waals surface area (Å²) >= 11 is 0. The first-order valence-corrected chi connectivity index (χ1v) is 8.26. The molecule has 0 saturated heterocycles. The summed E-state index contributed by atoms with van der Waals surface area (Å²) in [4.78, 5) is 35.5. The van der Waals surface area contributed by atoms with Gasteiger partial charge in [0.05, 0.1) is 26.5 Å². The van der Waals surface area contributed by atoms with Crippen molar-refractivity contribution >= 4 is 17.7 Å².